The van der Waals surface area contributed by atoms with E-state index in [9.17, 15) is 13.2 Å². The summed E-state index contributed by atoms with van der Waals surface area (Å²) in [6.45, 7) is 2.18. The Labute approximate surface area is 128 Å². The van der Waals surface area contributed by atoms with Crippen molar-refractivity contribution in [2.24, 2.45) is 7.05 Å². The Morgan fingerprint density at radius 1 is 1.52 bits per heavy atom. The molecule has 1 unspecified atom stereocenters. The molecular formula is C12H18ClN3O4S. The van der Waals surface area contributed by atoms with Gasteiger partial charge in [-0.3, -0.25) is 9.48 Å². The smallest absolute Gasteiger partial charge is 0.324 e. The summed E-state index contributed by atoms with van der Waals surface area (Å²) in [5.41, 5.74) is 0. The number of nitrogens with zero attached hydrogens (tertiary/aromatic N) is 3. The van der Waals surface area contributed by atoms with E-state index in [1.807, 2.05) is 0 Å². The van der Waals surface area contributed by atoms with Crippen LogP contribution in [-0.4, -0.2) is 47.7 Å². The van der Waals surface area contributed by atoms with Gasteiger partial charge in [-0.05, 0) is 26.2 Å². The van der Waals surface area contributed by atoms with Gasteiger partial charge in [0.25, 0.3) is 10.0 Å². The van der Waals surface area contributed by atoms with Gasteiger partial charge < -0.3 is 4.74 Å². The van der Waals surface area contributed by atoms with E-state index in [0.29, 0.717) is 12.8 Å². The SMILES string of the molecule is CCOC(=O)C1CCCCN1S(=O)(=O)c1c(Cl)cnn1C. The number of sulfonamides is 1. The highest BCUT2D eigenvalue weighted by Gasteiger charge is 2.40. The van der Waals surface area contributed by atoms with Crippen LogP contribution in [0.4, 0.5) is 0 Å². The van der Waals surface area contributed by atoms with Gasteiger partial charge in [0.05, 0.1) is 17.8 Å². The number of carbonyl (C=O) groups is 1. The van der Waals surface area contributed by atoms with E-state index in [4.69, 9.17) is 16.3 Å². The standard InChI is InChI=1S/C12H18ClN3O4S/c1-3-20-12(17)10-6-4-5-7-16(10)21(18,19)11-9(13)8-14-15(11)2/h8,10H,3-7H2,1-2H3. The predicted molar refractivity (Wildman–Crippen MR) is 76.4 cm³/mol. The van der Waals surface area contributed by atoms with Crippen LogP contribution in [0.1, 0.15) is 26.2 Å². The molecule has 0 aliphatic carbocycles. The van der Waals surface area contributed by atoms with Crippen molar-refractivity contribution in [2.75, 3.05) is 13.2 Å². The maximum absolute atomic E-state index is 12.8. The van der Waals surface area contributed by atoms with E-state index < -0.39 is 22.0 Å². The van der Waals surface area contributed by atoms with Gasteiger partial charge in [-0.2, -0.15) is 9.40 Å². The normalized spacial score (nSPS) is 20.4. The number of carbonyl (C=O) groups excluding carboxylic acids is 1. The second-order valence-corrected chi connectivity index (χ2v) is 7.01. The summed E-state index contributed by atoms with van der Waals surface area (Å²) in [5, 5.41) is 3.80. The molecule has 2 heterocycles. The molecule has 1 aromatic heterocycles. The summed E-state index contributed by atoms with van der Waals surface area (Å²) < 4.78 is 32.9. The molecule has 118 valence electrons. The zero-order valence-electron chi connectivity index (χ0n) is 12.0. The molecular weight excluding hydrogens is 318 g/mol. The predicted octanol–water partition coefficient (Wildman–Crippen LogP) is 1.18. The second kappa shape index (κ2) is 6.33. The fourth-order valence-electron chi connectivity index (χ4n) is 2.47. The first-order chi connectivity index (χ1) is 9.89. The molecule has 1 aliphatic rings. The molecule has 0 bridgehead atoms. The van der Waals surface area contributed by atoms with Crippen LogP contribution in [0, 0.1) is 0 Å². The number of esters is 1. The van der Waals surface area contributed by atoms with Crippen LogP contribution >= 0.6 is 11.6 Å². The Hall–Kier alpha value is -1.12. The number of halogens is 1. The monoisotopic (exact) mass is 335 g/mol. The molecule has 1 fully saturated rings. The molecule has 0 aromatic carbocycles. The highest BCUT2D eigenvalue weighted by atomic mass is 35.5. The quantitative estimate of drug-likeness (QED) is 0.772. The molecule has 1 saturated heterocycles. The Balaban J connectivity index is 2.39. The van der Waals surface area contributed by atoms with Crippen molar-refractivity contribution in [1.29, 1.82) is 0 Å². The van der Waals surface area contributed by atoms with Gasteiger partial charge >= 0.3 is 5.97 Å². The van der Waals surface area contributed by atoms with Crippen LogP contribution < -0.4 is 0 Å². The third kappa shape index (κ3) is 3.07. The summed E-state index contributed by atoms with van der Waals surface area (Å²) in [4.78, 5) is 12.0. The molecule has 1 aromatic rings. The van der Waals surface area contributed by atoms with E-state index >= 15 is 0 Å². The lowest BCUT2D eigenvalue weighted by molar-refractivity contribution is -0.148. The van der Waals surface area contributed by atoms with E-state index in [2.05, 4.69) is 5.10 Å². The Morgan fingerprint density at radius 3 is 2.81 bits per heavy atom. The summed E-state index contributed by atoms with van der Waals surface area (Å²) in [6.07, 6.45) is 3.21. The van der Waals surface area contributed by atoms with Crippen molar-refractivity contribution in [2.45, 2.75) is 37.3 Å². The van der Waals surface area contributed by atoms with Gasteiger partial charge in [-0.25, -0.2) is 8.42 Å². The minimum Gasteiger partial charge on any atom is -0.465 e. The molecule has 0 radical (unpaired) electrons. The van der Waals surface area contributed by atoms with Crippen LogP contribution in [0.2, 0.25) is 5.02 Å². The molecule has 0 amide bonds. The molecule has 21 heavy (non-hydrogen) atoms. The highest BCUT2D eigenvalue weighted by molar-refractivity contribution is 7.89. The molecule has 0 N–H and O–H groups in total. The average Bonchev–Trinajstić information content (AvgIpc) is 2.79. The minimum absolute atomic E-state index is 0.0469. The zero-order chi connectivity index (χ0) is 15.6. The lowest BCUT2D eigenvalue weighted by Gasteiger charge is -2.32. The third-order valence-electron chi connectivity index (χ3n) is 3.41. The first-order valence-corrected chi connectivity index (χ1v) is 8.57. The van der Waals surface area contributed by atoms with Crippen molar-refractivity contribution in [3.63, 3.8) is 0 Å². The largest absolute Gasteiger partial charge is 0.465 e. The van der Waals surface area contributed by atoms with Gasteiger partial charge in [-0.15, -0.1) is 0 Å². The van der Waals surface area contributed by atoms with E-state index in [0.717, 1.165) is 6.42 Å². The average molecular weight is 336 g/mol. The van der Waals surface area contributed by atoms with Gasteiger partial charge in [-0.1, -0.05) is 11.6 Å². The first-order valence-electron chi connectivity index (χ1n) is 6.75. The highest BCUT2D eigenvalue weighted by Crippen LogP contribution is 2.29. The fourth-order valence-corrected chi connectivity index (χ4v) is 4.72. The summed E-state index contributed by atoms with van der Waals surface area (Å²) >= 11 is 5.93. The lowest BCUT2D eigenvalue weighted by atomic mass is 10.1. The number of hydrogen-bond acceptors (Lipinski definition) is 5. The van der Waals surface area contributed by atoms with Crippen LogP contribution in [0.25, 0.3) is 0 Å². The molecule has 1 aliphatic heterocycles. The lowest BCUT2D eigenvalue weighted by Crippen LogP contribution is -2.49. The molecule has 0 saturated carbocycles. The van der Waals surface area contributed by atoms with Crippen LogP contribution in [-0.2, 0) is 26.6 Å². The number of aromatic nitrogens is 2. The summed E-state index contributed by atoms with van der Waals surface area (Å²) in [6, 6.07) is -0.797. The number of hydrogen-bond donors (Lipinski definition) is 0. The second-order valence-electron chi connectivity index (χ2n) is 4.80. The Morgan fingerprint density at radius 2 is 2.24 bits per heavy atom. The summed E-state index contributed by atoms with van der Waals surface area (Å²) in [5.74, 6) is -0.515. The first kappa shape index (κ1) is 16.3. The van der Waals surface area contributed by atoms with Gasteiger partial charge in [0, 0.05) is 13.6 Å². The maximum Gasteiger partial charge on any atom is 0.324 e. The van der Waals surface area contributed by atoms with Crippen molar-refractivity contribution in [3.8, 4) is 0 Å². The molecule has 1 atom stereocenters. The van der Waals surface area contributed by atoms with E-state index in [1.54, 1.807) is 6.92 Å². The Bertz CT molecular complexity index is 609. The molecule has 0 spiro atoms. The number of rotatable bonds is 4. The van der Waals surface area contributed by atoms with Crippen LogP contribution in [0.15, 0.2) is 11.2 Å². The van der Waals surface area contributed by atoms with Crippen LogP contribution in [0.3, 0.4) is 0 Å². The van der Waals surface area contributed by atoms with Gasteiger partial charge in [0.2, 0.25) is 0 Å². The number of piperidine rings is 1. The van der Waals surface area contributed by atoms with Crippen molar-refractivity contribution in [1.82, 2.24) is 14.1 Å². The van der Waals surface area contributed by atoms with Crippen LogP contribution in [0.5, 0.6) is 0 Å². The third-order valence-corrected chi connectivity index (χ3v) is 5.82. The van der Waals surface area contributed by atoms with E-state index in [1.165, 1.54) is 22.2 Å². The van der Waals surface area contributed by atoms with Crippen molar-refractivity contribution in [3.05, 3.63) is 11.2 Å². The molecule has 9 heteroatoms. The maximum atomic E-state index is 12.8. The molecule has 2 rings (SSSR count). The topological polar surface area (TPSA) is 81.5 Å². The number of ether oxygens (including phenoxy) is 1. The zero-order valence-corrected chi connectivity index (χ0v) is 13.5. The summed E-state index contributed by atoms with van der Waals surface area (Å²) in [7, 11) is -2.39. The van der Waals surface area contributed by atoms with Gasteiger partial charge in [0.15, 0.2) is 5.03 Å². The number of aryl methyl sites for hydroxylation is 1. The van der Waals surface area contributed by atoms with E-state index in [-0.39, 0.29) is 23.2 Å². The van der Waals surface area contributed by atoms with Crippen molar-refractivity contribution >= 4 is 27.6 Å². The molecule has 7 nitrogen and oxygen atoms in total. The Kier molecular flexibility index (Phi) is 4.90. The fraction of sp³-hybridized carbons (Fsp3) is 0.667. The van der Waals surface area contributed by atoms with Gasteiger partial charge in [0.1, 0.15) is 6.04 Å². The van der Waals surface area contributed by atoms with Crippen molar-refractivity contribution < 1.29 is 17.9 Å². The minimum atomic E-state index is -3.89.